The smallest absolute Gasteiger partial charge is 0.127 e. The monoisotopic (exact) mass is 289 g/mol. The number of thioether (sulfide) groups is 1. The molecule has 0 saturated carbocycles. The Morgan fingerprint density at radius 1 is 1.10 bits per heavy atom. The molecule has 0 saturated heterocycles. The lowest BCUT2D eigenvalue weighted by Gasteiger charge is -2.24. The Bertz CT molecular complexity index is 570. The summed E-state index contributed by atoms with van der Waals surface area (Å²) in [7, 11) is 0. The van der Waals surface area contributed by atoms with Gasteiger partial charge in [-0.2, -0.15) is 0 Å². The third-order valence-corrected chi connectivity index (χ3v) is 4.99. The summed E-state index contributed by atoms with van der Waals surface area (Å²) in [6, 6.07) is 15.0. The van der Waals surface area contributed by atoms with E-state index in [0.717, 1.165) is 11.3 Å². The quantitative estimate of drug-likeness (QED) is 0.807. The van der Waals surface area contributed by atoms with Gasteiger partial charge in [0.05, 0.1) is 5.25 Å². The summed E-state index contributed by atoms with van der Waals surface area (Å²) in [6.45, 7) is 4.11. The van der Waals surface area contributed by atoms with Gasteiger partial charge < -0.3 is 5.73 Å². The van der Waals surface area contributed by atoms with E-state index in [1.807, 2.05) is 31.2 Å². The lowest BCUT2D eigenvalue weighted by Crippen LogP contribution is -2.26. The second-order valence-electron chi connectivity index (χ2n) is 4.90. The molecule has 0 aliphatic carbocycles. The minimum atomic E-state index is -0.178. The molecule has 2 aromatic rings. The Balaban J connectivity index is 2.35. The van der Waals surface area contributed by atoms with E-state index in [2.05, 4.69) is 19.1 Å². The van der Waals surface area contributed by atoms with E-state index in [1.54, 1.807) is 17.8 Å². The maximum atomic E-state index is 14.1. The molecule has 0 bridgehead atoms. The molecule has 2 rings (SSSR count). The van der Waals surface area contributed by atoms with Crippen LogP contribution in [-0.4, -0.2) is 6.04 Å². The van der Waals surface area contributed by atoms with Crippen LogP contribution in [0.25, 0.3) is 0 Å². The van der Waals surface area contributed by atoms with Gasteiger partial charge in [-0.25, -0.2) is 4.39 Å². The van der Waals surface area contributed by atoms with Gasteiger partial charge in [0.15, 0.2) is 0 Å². The van der Waals surface area contributed by atoms with E-state index in [9.17, 15) is 4.39 Å². The summed E-state index contributed by atoms with van der Waals surface area (Å²) in [5.74, 6) is -0.178. The van der Waals surface area contributed by atoms with E-state index in [-0.39, 0.29) is 17.1 Å². The molecule has 1 nitrogen and oxygen atoms in total. The van der Waals surface area contributed by atoms with Gasteiger partial charge in [0, 0.05) is 16.5 Å². The number of halogens is 1. The van der Waals surface area contributed by atoms with Crippen molar-refractivity contribution in [3.63, 3.8) is 0 Å². The molecule has 0 spiro atoms. The van der Waals surface area contributed by atoms with E-state index in [1.165, 1.54) is 11.6 Å². The first kappa shape index (κ1) is 15.1. The second-order valence-corrected chi connectivity index (χ2v) is 6.08. The Morgan fingerprint density at radius 2 is 1.75 bits per heavy atom. The average Bonchev–Trinajstić information content (AvgIpc) is 2.47. The summed E-state index contributed by atoms with van der Waals surface area (Å²) < 4.78 is 14.1. The van der Waals surface area contributed by atoms with Crippen molar-refractivity contribution in [2.24, 2.45) is 5.73 Å². The Labute approximate surface area is 124 Å². The first-order valence-corrected chi connectivity index (χ1v) is 7.73. The zero-order valence-corrected chi connectivity index (χ0v) is 12.7. The summed E-state index contributed by atoms with van der Waals surface area (Å²) in [4.78, 5) is 1.16. The summed E-state index contributed by atoms with van der Waals surface area (Å²) in [6.07, 6.45) is 0.817. The van der Waals surface area contributed by atoms with E-state index in [4.69, 9.17) is 5.73 Å². The van der Waals surface area contributed by atoms with Gasteiger partial charge in [-0.3, -0.25) is 0 Å². The fourth-order valence-corrected chi connectivity index (χ4v) is 3.50. The molecule has 3 heteroatoms. The van der Waals surface area contributed by atoms with E-state index < -0.39 is 0 Å². The molecular formula is C17H20FNS. The van der Waals surface area contributed by atoms with Crippen LogP contribution < -0.4 is 5.73 Å². The van der Waals surface area contributed by atoms with Gasteiger partial charge in [-0.1, -0.05) is 43.3 Å². The van der Waals surface area contributed by atoms with E-state index in [0.29, 0.717) is 5.56 Å². The highest BCUT2D eigenvalue weighted by molar-refractivity contribution is 7.99. The number of aryl methyl sites for hydroxylation is 1. The second kappa shape index (κ2) is 6.91. The normalized spacial score (nSPS) is 14.0. The molecule has 2 N–H and O–H groups in total. The van der Waals surface area contributed by atoms with Crippen molar-refractivity contribution in [2.75, 3.05) is 0 Å². The van der Waals surface area contributed by atoms with Crippen molar-refractivity contribution < 1.29 is 4.39 Å². The Hall–Kier alpha value is -1.32. The van der Waals surface area contributed by atoms with Crippen LogP contribution in [0.2, 0.25) is 0 Å². The predicted octanol–water partition coefficient (Wildman–Crippen LogP) is 4.70. The number of nitrogens with two attached hydrogens (primary N) is 1. The molecule has 2 unspecified atom stereocenters. The van der Waals surface area contributed by atoms with Gasteiger partial charge in [0.25, 0.3) is 0 Å². The van der Waals surface area contributed by atoms with Crippen molar-refractivity contribution in [3.8, 4) is 0 Å². The first-order chi connectivity index (χ1) is 9.63. The number of hydrogen-bond acceptors (Lipinski definition) is 2. The van der Waals surface area contributed by atoms with Gasteiger partial charge in [-0.05, 0) is 31.0 Å². The van der Waals surface area contributed by atoms with Gasteiger partial charge >= 0.3 is 0 Å². The first-order valence-electron chi connectivity index (χ1n) is 6.85. The fourth-order valence-electron chi connectivity index (χ4n) is 2.13. The van der Waals surface area contributed by atoms with Crippen LogP contribution in [0.4, 0.5) is 4.39 Å². The molecule has 0 aliphatic rings. The lowest BCUT2D eigenvalue weighted by molar-refractivity contribution is 0.572. The van der Waals surface area contributed by atoms with Crippen LogP contribution in [-0.2, 0) is 0 Å². The zero-order chi connectivity index (χ0) is 14.5. The number of hydrogen-bond donors (Lipinski definition) is 1. The van der Waals surface area contributed by atoms with Crippen LogP contribution in [0.5, 0.6) is 0 Å². The molecule has 20 heavy (non-hydrogen) atoms. The van der Waals surface area contributed by atoms with E-state index >= 15 is 0 Å². The van der Waals surface area contributed by atoms with Gasteiger partial charge in [0.2, 0.25) is 0 Å². The Kier molecular flexibility index (Phi) is 5.21. The van der Waals surface area contributed by atoms with Crippen molar-refractivity contribution in [1.82, 2.24) is 0 Å². The molecular weight excluding hydrogens is 269 g/mol. The highest BCUT2D eigenvalue weighted by atomic mass is 32.2. The minimum absolute atomic E-state index is 0.0673. The summed E-state index contributed by atoms with van der Waals surface area (Å²) in [5, 5.41) is -0.0673. The molecule has 0 heterocycles. The molecule has 0 radical (unpaired) electrons. The number of rotatable bonds is 5. The molecule has 0 fully saturated rings. The SMILES string of the molecule is CCC(N)C(Sc1ccccc1C)c1ccccc1F. The lowest BCUT2D eigenvalue weighted by atomic mass is 10.0. The maximum Gasteiger partial charge on any atom is 0.127 e. The molecule has 2 aromatic carbocycles. The molecule has 106 valence electrons. The molecule has 0 aliphatic heterocycles. The maximum absolute atomic E-state index is 14.1. The van der Waals surface area contributed by atoms with Crippen LogP contribution in [0, 0.1) is 12.7 Å². The van der Waals surface area contributed by atoms with Crippen molar-refractivity contribution in [3.05, 3.63) is 65.5 Å². The molecule has 0 amide bonds. The third-order valence-electron chi connectivity index (χ3n) is 3.42. The van der Waals surface area contributed by atoms with Crippen LogP contribution in [0.3, 0.4) is 0 Å². The zero-order valence-electron chi connectivity index (χ0n) is 11.8. The molecule has 0 aromatic heterocycles. The minimum Gasteiger partial charge on any atom is -0.326 e. The van der Waals surface area contributed by atoms with Crippen LogP contribution >= 0.6 is 11.8 Å². The fraction of sp³-hybridized carbons (Fsp3) is 0.294. The largest absolute Gasteiger partial charge is 0.326 e. The van der Waals surface area contributed by atoms with Crippen molar-refractivity contribution >= 4 is 11.8 Å². The summed E-state index contributed by atoms with van der Waals surface area (Å²) in [5.41, 5.74) is 8.11. The van der Waals surface area contributed by atoms with Gasteiger partial charge in [-0.15, -0.1) is 11.8 Å². The number of benzene rings is 2. The van der Waals surface area contributed by atoms with Crippen LogP contribution in [0.15, 0.2) is 53.4 Å². The third kappa shape index (κ3) is 3.41. The standard InChI is InChI=1S/C17H20FNS/c1-3-15(19)17(13-9-5-6-10-14(13)18)20-16-11-7-4-8-12(16)2/h4-11,15,17H,3,19H2,1-2H3. The molecule has 2 atom stereocenters. The summed E-state index contributed by atoms with van der Waals surface area (Å²) >= 11 is 1.65. The Morgan fingerprint density at radius 3 is 2.40 bits per heavy atom. The highest BCUT2D eigenvalue weighted by Crippen LogP contribution is 2.40. The van der Waals surface area contributed by atoms with Crippen LogP contribution in [0.1, 0.15) is 29.7 Å². The van der Waals surface area contributed by atoms with Crippen molar-refractivity contribution in [1.29, 1.82) is 0 Å². The van der Waals surface area contributed by atoms with Gasteiger partial charge in [0.1, 0.15) is 5.82 Å². The predicted molar refractivity (Wildman–Crippen MR) is 84.4 cm³/mol. The van der Waals surface area contributed by atoms with Crippen molar-refractivity contribution in [2.45, 2.75) is 36.5 Å². The topological polar surface area (TPSA) is 26.0 Å². The average molecular weight is 289 g/mol. The highest BCUT2D eigenvalue weighted by Gasteiger charge is 2.23.